The van der Waals surface area contributed by atoms with Crippen molar-refractivity contribution in [2.75, 3.05) is 0 Å². The van der Waals surface area contributed by atoms with Crippen LogP contribution < -0.4 is 4.74 Å². The number of carbonyl (C=O) groups excluding carboxylic acids is 1. The summed E-state index contributed by atoms with van der Waals surface area (Å²) in [6.07, 6.45) is -2.97. The van der Waals surface area contributed by atoms with Crippen molar-refractivity contribution >= 4 is 21.9 Å². The molecule has 1 aliphatic rings. The zero-order valence-electron chi connectivity index (χ0n) is 10.2. The lowest BCUT2D eigenvalue weighted by Crippen LogP contribution is -2.17. The number of esters is 1. The average Bonchev–Trinajstić information content (AvgIpc) is 3.13. The van der Waals surface area contributed by atoms with Gasteiger partial charge in [0.15, 0.2) is 0 Å². The van der Waals surface area contributed by atoms with Gasteiger partial charge >= 0.3 is 12.1 Å². The van der Waals surface area contributed by atoms with E-state index in [4.69, 9.17) is 4.74 Å². The highest BCUT2D eigenvalue weighted by atomic mass is 79.9. The second kappa shape index (κ2) is 5.15. The third kappa shape index (κ3) is 3.11. The van der Waals surface area contributed by atoms with Crippen LogP contribution >= 0.6 is 15.9 Å². The Bertz CT molecular complexity index is 507. The molecule has 0 N–H and O–H groups in total. The van der Waals surface area contributed by atoms with Crippen molar-refractivity contribution in [1.82, 2.24) is 0 Å². The molecule has 0 bridgehead atoms. The minimum Gasteiger partial charge on any atom is -0.426 e. The maximum absolute atomic E-state index is 13.1. The molecule has 0 heterocycles. The van der Waals surface area contributed by atoms with Gasteiger partial charge in [0, 0.05) is 4.47 Å². The lowest BCUT2D eigenvalue weighted by molar-refractivity contribution is -0.143. The summed E-state index contributed by atoms with van der Waals surface area (Å²) in [5, 5.41) is 0. The largest absolute Gasteiger partial charge is 0.426 e. The van der Waals surface area contributed by atoms with Gasteiger partial charge in [0.05, 0.1) is 5.92 Å². The molecule has 0 atom stereocenters. The topological polar surface area (TPSA) is 26.3 Å². The number of alkyl halides is 3. The van der Waals surface area contributed by atoms with Crippen molar-refractivity contribution in [2.24, 2.45) is 5.92 Å². The van der Waals surface area contributed by atoms with Crippen molar-refractivity contribution in [3.8, 4) is 5.75 Å². The van der Waals surface area contributed by atoms with Crippen LogP contribution in [-0.2, 0) is 17.4 Å². The fourth-order valence-electron chi connectivity index (χ4n) is 1.85. The van der Waals surface area contributed by atoms with Gasteiger partial charge in [-0.15, -0.1) is 0 Å². The number of carbonyl (C=O) groups is 1. The minimum atomic E-state index is -4.55. The number of ether oxygens (including phenoxy) is 1. The van der Waals surface area contributed by atoms with Gasteiger partial charge in [-0.25, -0.2) is 0 Å². The summed E-state index contributed by atoms with van der Waals surface area (Å²) in [4.78, 5) is 11.5. The Morgan fingerprint density at radius 3 is 2.53 bits per heavy atom. The molecule has 0 aromatic heterocycles. The summed E-state index contributed by atoms with van der Waals surface area (Å²) >= 11 is 3.10. The van der Waals surface area contributed by atoms with Crippen molar-refractivity contribution in [3.63, 3.8) is 0 Å². The van der Waals surface area contributed by atoms with Crippen molar-refractivity contribution in [1.29, 1.82) is 0 Å². The molecule has 1 aliphatic carbocycles. The van der Waals surface area contributed by atoms with Crippen LogP contribution in [0.3, 0.4) is 0 Å². The third-order valence-corrected chi connectivity index (χ3v) is 3.72. The first-order valence-corrected chi connectivity index (χ1v) is 6.74. The van der Waals surface area contributed by atoms with Crippen LogP contribution in [0.2, 0.25) is 0 Å². The van der Waals surface area contributed by atoms with E-state index in [0.717, 1.165) is 0 Å². The van der Waals surface area contributed by atoms with Gasteiger partial charge in [0.1, 0.15) is 11.3 Å². The number of benzene rings is 1. The van der Waals surface area contributed by atoms with Gasteiger partial charge in [0.25, 0.3) is 0 Å². The number of halogens is 4. The molecule has 1 fully saturated rings. The highest BCUT2D eigenvalue weighted by molar-refractivity contribution is 9.10. The van der Waals surface area contributed by atoms with Gasteiger partial charge in [-0.1, -0.05) is 22.9 Å². The van der Waals surface area contributed by atoms with Crippen LogP contribution in [-0.4, -0.2) is 5.97 Å². The zero-order valence-corrected chi connectivity index (χ0v) is 11.8. The van der Waals surface area contributed by atoms with Gasteiger partial charge in [-0.2, -0.15) is 13.2 Å². The number of hydrogen-bond donors (Lipinski definition) is 0. The van der Waals surface area contributed by atoms with Gasteiger partial charge in [-0.3, -0.25) is 4.79 Å². The zero-order chi connectivity index (χ0) is 14.2. The van der Waals surface area contributed by atoms with E-state index in [1.54, 1.807) is 6.92 Å². The van der Waals surface area contributed by atoms with E-state index in [9.17, 15) is 18.0 Å². The molecular weight excluding hydrogens is 325 g/mol. The summed E-state index contributed by atoms with van der Waals surface area (Å²) < 4.78 is 44.7. The van der Waals surface area contributed by atoms with E-state index >= 15 is 0 Å². The van der Waals surface area contributed by atoms with Gasteiger partial charge < -0.3 is 4.74 Å². The van der Waals surface area contributed by atoms with Crippen molar-refractivity contribution < 1.29 is 22.7 Å². The summed E-state index contributed by atoms with van der Waals surface area (Å²) in [5.74, 6) is -1.21. The second-order valence-corrected chi connectivity index (χ2v) is 5.30. The Morgan fingerprint density at radius 1 is 1.42 bits per heavy atom. The fraction of sp³-hybridized carbons (Fsp3) is 0.462. The van der Waals surface area contributed by atoms with Gasteiger partial charge in [0.2, 0.25) is 0 Å². The van der Waals surface area contributed by atoms with Crippen LogP contribution in [0.1, 0.15) is 30.9 Å². The molecule has 0 aliphatic heterocycles. The van der Waals surface area contributed by atoms with E-state index in [0.29, 0.717) is 17.3 Å². The lowest BCUT2D eigenvalue weighted by Gasteiger charge is -2.17. The number of hydrogen-bond acceptors (Lipinski definition) is 2. The normalized spacial score (nSPS) is 15.4. The maximum Gasteiger partial charge on any atom is 0.420 e. The van der Waals surface area contributed by atoms with Crippen LogP contribution in [0.25, 0.3) is 0 Å². The monoisotopic (exact) mass is 336 g/mol. The Hall–Kier alpha value is -1.04. The average molecular weight is 337 g/mol. The van der Waals surface area contributed by atoms with E-state index in [1.165, 1.54) is 12.1 Å². The highest BCUT2D eigenvalue weighted by Gasteiger charge is 2.39. The first-order valence-electron chi connectivity index (χ1n) is 5.94. The Balaban J connectivity index is 2.44. The predicted molar refractivity (Wildman–Crippen MR) is 66.9 cm³/mol. The molecule has 104 valence electrons. The Labute approximate surface area is 117 Å². The molecule has 1 saturated carbocycles. The molecule has 0 saturated heterocycles. The molecule has 0 unspecified atom stereocenters. The Morgan fingerprint density at radius 2 is 2.05 bits per heavy atom. The quantitative estimate of drug-likeness (QED) is 0.606. The van der Waals surface area contributed by atoms with E-state index in [2.05, 4.69) is 15.9 Å². The molecule has 19 heavy (non-hydrogen) atoms. The van der Waals surface area contributed by atoms with Crippen LogP contribution in [0.4, 0.5) is 13.2 Å². The van der Waals surface area contributed by atoms with E-state index in [-0.39, 0.29) is 17.9 Å². The standard InChI is InChI=1S/C13H12BrF3O2/c1-2-8-9(14)5-6-10(11(8)13(15,16)17)19-12(18)7-3-4-7/h5-7H,2-4H2,1H3. The lowest BCUT2D eigenvalue weighted by atomic mass is 10.0. The van der Waals surface area contributed by atoms with Crippen LogP contribution in [0.15, 0.2) is 16.6 Å². The fourth-order valence-corrected chi connectivity index (χ4v) is 2.46. The Kier molecular flexibility index (Phi) is 3.90. The van der Waals surface area contributed by atoms with Gasteiger partial charge in [-0.05, 0) is 37.0 Å². The first-order chi connectivity index (χ1) is 8.84. The molecule has 0 spiro atoms. The summed E-state index contributed by atoms with van der Waals surface area (Å²) in [6, 6.07) is 2.66. The maximum atomic E-state index is 13.1. The first kappa shape index (κ1) is 14.4. The smallest absolute Gasteiger partial charge is 0.420 e. The predicted octanol–water partition coefficient (Wildman–Crippen LogP) is 4.35. The SMILES string of the molecule is CCc1c(Br)ccc(OC(=O)C2CC2)c1C(F)(F)F. The highest BCUT2D eigenvalue weighted by Crippen LogP contribution is 2.42. The molecule has 2 nitrogen and oxygen atoms in total. The van der Waals surface area contributed by atoms with E-state index in [1.807, 2.05) is 0 Å². The summed E-state index contributed by atoms with van der Waals surface area (Å²) in [6.45, 7) is 1.63. The molecule has 0 radical (unpaired) electrons. The van der Waals surface area contributed by atoms with Crippen LogP contribution in [0, 0.1) is 5.92 Å². The molecule has 1 aromatic carbocycles. The van der Waals surface area contributed by atoms with Crippen molar-refractivity contribution in [3.05, 3.63) is 27.7 Å². The molecule has 0 amide bonds. The van der Waals surface area contributed by atoms with E-state index < -0.39 is 23.5 Å². The number of rotatable bonds is 3. The summed E-state index contributed by atoms with van der Waals surface area (Å²) in [5.41, 5.74) is -0.757. The van der Waals surface area contributed by atoms with Crippen molar-refractivity contribution in [2.45, 2.75) is 32.4 Å². The molecule has 6 heteroatoms. The third-order valence-electron chi connectivity index (χ3n) is 2.98. The minimum absolute atomic E-state index is 0.105. The summed E-state index contributed by atoms with van der Waals surface area (Å²) in [7, 11) is 0. The van der Waals surface area contributed by atoms with Crippen LogP contribution in [0.5, 0.6) is 5.75 Å². The molecule has 1 aromatic rings. The molecular formula is C13H12BrF3O2. The second-order valence-electron chi connectivity index (χ2n) is 4.45. The molecule has 2 rings (SSSR count).